The van der Waals surface area contributed by atoms with E-state index in [4.69, 9.17) is 10.2 Å². The Labute approximate surface area is 90.7 Å². The second kappa shape index (κ2) is 3.06. The van der Waals surface area contributed by atoms with Crippen molar-refractivity contribution in [2.75, 3.05) is 5.73 Å². The van der Waals surface area contributed by atoms with Crippen molar-refractivity contribution in [3.8, 4) is 11.5 Å². The van der Waals surface area contributed by atoms with Gasteiger partial charge in [-0.15, -0.1) is 0 Å². The number of anilines is 1. The molecule has 0 aromatic carbocycles. The van der Waals surface area contributed by atoms with Gasteiger partial charge in [-0.2, -0.15) is 10.1 Å². The summed E-state index contributed by atoms with van der Waals surface area (Å²) >= 11 is 0. The summed E-state index contributed by atoms with van der Waals surface area (Å²) in [6.45, 7) is 0. The maximum Gasteiger partial charge on any atom is 0.222 e. The van der Waals surface area contributed by atoms with Crippen LogP contribution in [0.3, 0.4) is 0 Å². The molecule has 3 heterocycles. The normalized spacial score (nSPS) is 11.1. The van der Waals surface area contributed by atoms with Crippen LogP contribution in [0.15, 0.2) is 29.0 Å². The fourth-order valence-electron chi connectivity index (χ4n) is 1.65. The summed E-state index contributed by atoms with van der Waals surface area (Å²) in [6.07, 6.45) is 3.26. The molecular formula is C10H9N5O. The second-order valence-electron chi connectivity index (χ2n) is 3.41. The van der Waals surface area contributed by atoms with Gasteiger partial charge in [0.05, 0.1) is 11.6 Å². The lowest BCUT2D eigenvalue weighted by Gasteiger charge is -1.93. The van der Waals surface area contributed by atoms with Gasteiger partial charge in [0, 0.05) is 13.2 Å². The number of nitrogens with zero attached hydrogens (tertiary/aromatic N) is 4. The molecule has 0 atom stereocenters. The van der Waals surface area contributed by atoms with Crippen molar-refractivity contribution < 1.29 is 4.42 Å². The van der Waals surface area contributed by atoms with Crippen molar-refractivity contribution in [1.82, 2.24) is 19.7 Å². The summed E-state index contributed by atoms with van der Waals surface area (Å²) in [4.78, 5) is 8.09. The molecule has 0 aliphatic carbocycles. The smallest absolute Gasteiger partial charge is 0.222 e. The predicted molar refractivity (Wildman–Crippen MR) is 58.4 cm³/mol. The van der Waals surface area contributed by atoms with E-state index in [2.05, 4.69) is 15.1 Å². The van der Waals surface area contributed by atoms with Gasteiger partial charge in [0.15, 0.2) is 11.4 Å². The number of hydrogen-bond donors (Lipinski definition) is 1. The van der Waals surface area contributed by atoms with Gasteiger partial charge in [-0.05, 0) is 12.1 Å². The van der Waals surface area contributed by atoms with Crippen molar-refractivity contribution in [1.29, 1.82) is 0 Å². The standard InChI is InChI=1S/C10H9N5O/c1-15-9-6(5-12-10(11)13-9)8(14-15)7-3-2-4-16-7/h2-5H,1H3,(H2,11,12,13). The molecule has 3 aromatic rings. The Kier molecular flexibility index (Phi) is 1.70. The van der Waals surface area contributed by atoms with E-state index in [9.17, 15) is 0 Å². The molecular weight excluding hydrogens is 206 g/mol. The van der Waals surface area contributed by atoms with E-state index in [1.54, 1.807) is 24.2 Å². The molecule has 0 saturated heterocycles. The fraction of sp³-hybridized carbons (Fsp3) is 0.100. The van der Waals surface area contributed by atoms with Crippen molar-refractivity contribution in [2.45, 2.75) is 0 Å². The van der Waals surface area contributed by atoms with Gasteiger partial charge < -0.3 is 10.2 Å². The van der Waals surface area contributed by atoms with E-state index >= 15 is 0 Å². The van der Waals surface area contributed by atoms with Gasteiger partial charge >= 0.3 is 0 Å². The zero-order valence-corrected chi connectivity index (χ0v) is 8.58. The van der Waals surface area contributed by atoms with Crippen LogP contribution < -0.4 is 5.73 Å². The Hall–Kier alpha value is -2.37. The molecule has 0 radical (unpaired) electrons. The highest BCUT2D eigenvalue weighted by Crippen LogP contribution is 2.26. The summed E-state index contributed by atoms with van der Waals surface area (Å²) in [6, 6.07) is 3.66. The van der Waals surface area contributed by atoms with Crippen molar-refractivity contribution in [3.63, 3.8) is 0 Å². The first-order valence-electron chi connectivity index (χ1n) is 4.75. The van der Waals surface area contributed by atoms with Gasteiger partial charge in [0.1, 0.15) is 5.69 Å². The molecule has 0 fully saturated rings. The Balaban J connectivity index is 2.35. The first-order valence-corrected chi connectivity index (χ1v) is 4.75. The van der Waals surface area contributed by atoms with Gasteiger partial charge in [-0.3, -0.25) is 0 Å². The largest absolute Gasteiger partial charge is 0.463 e. The minimum atomic E-state index is 0.237. The van der Waals surface area contributed by atoms with Crippen molar-refractivity contribution in [2.24, 2.45) is 7.05 Å². The third kappa shape index (κ3) is 1.16. The number of nitrogens with two attached hydrogens (primary N) is 1. The average Bonchev–Trinajstić information content (AvgIpc) is 2.87. The summed E-state index contributed by atoms with van der Waals surface area (Å²) in [5, 5.41) is 5.16. The molecule has 0 spiro atoms. The highest BCUT2D eigenvalue weighted by molar-refractivity contribution is 5.89. The number of fused-ring (bicyclic) bond motifs is 1. The molecule has 2 N–H and O–H groups in total. The van der Waals surface area contributed by atoms with Crippen molar-refractivity contribution in [3.05, 3.63) is 24.6 Å². The molecule has 16 heavy (non-hydrogen) atoms. The molecule has 3 rings (SSSR count). The second-order valence-corrected chi connectivity index (χ2v) is 3.41. The Morgan fingerprint density at radius 3 is 3.06 bits per heavy atom. The van der Waals surface area contributed by atoms with Crippen LogP contribution in [0.25, 0.3) is 22.5 Å². The Morgan fingerprint density at radius 2 is 2.31 bits per heavy atom. The van der Waals surface area contributed by atoms with Gasteiger partial charge in [-0.1, -0.05) is 0 Å². The molecule has 0 aliphatic heterocycles. The minimum absolute atomic E-state index is 0.237. The number of aromatic nitrogens is 4. The number of nitrogen functional groups attached to an aromatic ring is 1. The van der Waals surface area contributed by atoms with Crippen LogP contribution >= 0.6 is 0 Å². The summed E-state index contributed by atoms with van der Waals surface area (Å²) in [5.74, 6) is 0.931. The third-order valence-electron chi connectivity index (χ3n) is 2.35. The van der Waals surface area contributed by atoms with Gasteiger partial charge in [0.25, 0.3) is 0 Å². The van der Waals surface area contributed by atoms with Gasteiger partial charge in [-0.25, -0.2) is 9.67 Å². The summed E-state index contributed by atoms with van der Waals surface area (Å²) < 4.78 is 6.97. The van der Waals surface area contributed by atoms with Crippen LogP contribution in [0.5, 0.6) is 0 Å². The lowest BCUT2D eigenvalue weighted by atomic mass is 10.2. The molecule has 0 aliphatic rings. The summed E-state index contributed by atoms with van der Waals surface area (Å²) in [7, 11) is 1.81. The Bertz CT molecular complexity index is 641. The molecule has 0 bridgehead atoms. The molecule has 6 nitrogen and oxygen atoms in total. The number of hydrogen-bond acceptors (Lipinski definition) is 5. The number of furan rings is 1. The first-order chi connectivity index (χ1) is 7.75. The molecule has 0 amide bonds. The lowest BCUT2D eigenvalue weighted by molar-refractivity contribution is 0.578. The molecule has 3 aromatic heterocycles. The van der Waals surface area contributed by atoms with Crippen LogP contribution in [0.2, 0.25) is 0 Å². The Morgan fingerprint density at radius 1 is 1.44 bits per heavy atom. The molecule has 80 valence electrons. The highest BCUT2D eigenvalue weighted by Gasteiger charge is 2.14. The van der Waals surface area contributed by atoms with Crippen molar-refractivity contribution >= 4 is 17.0 Å². The third-order valence-corrected chi connectivity index (χ3v) is 2.35. The zero-order chi connectivity index (χ0) is 11.1. The number of rotatable bonds is 1. The van der Waals surface area contributed by atoms with E-state index < -0.39 is 0 Å². The van der Waals surface area contributed by atoms with Crippen LogP contribution in [-0.2, 0) is 7.05 Å². The van der Waals surface area contributed by atoms with Crippen LogP contribution in [-0.4, -0.2) is 19.7 Å². The molecule has 0 saturated carbocycles. The topological polar surface area (TPSA) is 82.8 Å². The monoisotopic (exact) mass is 215 g/mol. The molecule has 6 heteroatoms. The SMILES string of the molecule is Cn1nc(-c2ccco2)c2cnc(N)nc21. The van der Waals surface area contributed by atoms with E-state index in [1.165, 1.54) is 0 Å². The maximum absolute atomic E-state index is 5.53. The highest BCUT2D eigenvalue weighted by atomic mass is 16.3. The van der Waals surface area contributed by atoms with E-state index in [0.29, 0.717) is 11.4 Å². The van der Waals surface area contributed by atoms with Crippen LogP contribution in [0.1, 0.15) is 0 Å². The molecule has 0 unspecified atom stereocenters. The van der Waals surface area contributed by atoms with E-state index in [-0.39, 0.29) is 5.95 Å². The zero-order valence-electron chi connectivity index (χ0n) is 8.58. The maximum atomic E-state index is 5.53. The number of aryl methyl sites for hydroxylation is 1. The van der Waals surface area contributed by atoms with Crippen LogP contribution in [0.4, 0.5) is 5.95 Å². The predicted octanol–water partition coefficient (Wildman–Crippen LogP) is 1.21. The minimum Gasteiger partial charge on any atom is -0.463 e. The van der Waals surface area contributed by atoms with E-state index in [0.717, 1.165) is 11.1 Å². The van der Waals surface area contributed by atoms with E-state index in [1.807, 2.05) is 12.1 Å². The quantitative estimate of drug-likeness (QED) is 0.659. The first kappa shape index (κ1) is 8.90. The fourth-order valence-corrected chi connectivity index (χ4v) is 1.65. The van der Waals surface area contributed by atoms with Gasteiger partial charge in [0.2, 0.25) is 5.95 Å². The van der Waals surface area contributed by atoms with Crippen LogP contribution in [0, 0.1) is 0 Å². The summed E-state index contributed by atoms with van der Waals surface area (Å²) in [5.41, 5.74) is 6.95. The average molecular weight is 215 g/mol. The lowest BCUT2D eigenvalue weighted by Crippen LogP contribution is -1.97.